The standard InChI is InChI=1S/C14H30N2O/c1-5-9-15-14(11-17-4)10-16-12(2)7-6-8-13(16)3/h12-15H,5-11H2,1-4H3. The smallest absolute Gasteiger partial charge is 0.0628 e. The molecule has 0 amide bonds. The van der Waals surface area contributed by atoms with Crippen molar-refractivity contribution >= 4 is 0 Å². The third-order valence-electron chi connectivity index (χ3n) is 3.86. The summed E-state index contributed by atoms with van der Waals surface area (Å²) in [7, 11) is 1.80. The second-order valence-electron chi connectivity index (χ2n) is 5.43. The summed E-state index contributed by atoms with van der Waals surface area (Å²) >= 11 is 0. The molecule has 0 aromatic rings. The number of nitrogens with one attached hydrogen (secondary N) is 1. The van der Waals surface area contributed by atoms with Gasteiger partial charge < -0.3 is 10.1 Å². The highest BCUT2D eigenvalue weighted by molar-refractivity contribution is 4.83. The normalized spacial score (nSPS) is 28.2. The molecule has 0 spiro atoms. The van der Waals surface area contributed by atoms with E-state index < -0.39 is 0 Å². The molecule has 0 aromatic carbocycles. The molecule has 17 heavy (non-hydrogen) atoms. The van der Waals surface area contributed by atoms with Crippen LogP contribution in [0.5, 0.6) is 0 Å². The average Bonchev–Trinajstić information content (AvgIpc) is 2.31. The molecule has 1 saturated heterocycles. The molecular weight excluding hydrogens is 212 g/mol. The fraction of sp³-hybridized carbons (Fsp3) is 1.00. The third-order valence-corrected chi connectivity index (χ3v) is 3.86. The molecule has 0 aliphatic carbocycles. The quantitative estimate of drug-likeness (QED) is 0.741. The van der Waals surface area contributed by atoms with Crippen LogP contribution in [0, 0.1) is 0 Å². The number of ether oxygens (including phenoxy) is 1. The number of rotatable bonds is 7. The van der Waals surface area contributed by atoms with Crippen LogP contribution in [0.2, 0.25) is 0 Å². The highest BCUT2D eigenvalue weighted by Gasteiger charge is 2.26. The second-order valence-corrected chi connectivity index (χ2v) is 5.43. The van der Waals surface area contributed by atoms with E-state index >= 15 is 0 Å². The lowest BCUT2D eigenvalue weighted by molar-refractivity contribution is 0.0694. The van der Waals surface area contributed by atoms with Gasteiger partial charge in [0.1, 0.15) is 0 Å². The minimum Gasteiger partial charge on any atom is -0.383 e. The predicted molar refractivity (Wildman–Crippen MR) is 73.4 cm³/mol. The van der Waals surface area contributed by atoms with Crippen LogP contribution in [0.1, 0.15) is 46.5 Å². The molecular formula is C14H30N2O. The second kappa shape index (κ2) is 8.06. The zero-order valence-electron chi connectivity index (χ0n) is 12.0. The largest absolute Gasteiger partial charge is 0.383 e. The van der Waals surface area contributed by atoms with Crippen LogP contribution < -0.4 is 5.32 Å². The van der Waals surface area contributed by atoms with Crippen molar-refractivity contribution in [1.82, 2.24) is 10.2 Å². The number of nitrogens with zero attached hydrogens (tertiary/aromatic N) is 1. The fourth-order valence-corrected chi connectivity index (χ4v) is 2.81. The van der Waals surface area contributed by atoms with Crippen LogP contribution in [0.15, 0.2) is 0 Å². The van der Waals surface area contributed by atoms with Crippen molar-refractivity contribution in [3.8, 4) is 0 Å². The summed E-state index contributed by atoms with van der Waals surface area (Å²) in [6, 6.07) is 1.92. The minimum absolute atomic E-state index is 0.475. The van der Waals surface area contributed by atoms with E-state index in [0.29, 0.717) is 6.04 Å². The lowest BCUT2D eigenvalue weighted by Gasteiger charge is -2.41. The fourth-order valence-electron chi connectivity index (χ4n) is 2.81. The van der Waals surface area contributed by atoms with Gasteiger partial charge in [-0.2, -0.15) is 0 Å². The maximum atomic E-state index is 5.32. The van der Waals surface area contributed by atoms with E-state index in [-0.39, 0.29) is 0 Å². The Hall–Kier alpha value is -0.120. The van der Waals surface area contributed by atoms with Crippen LogP contribution >= 0.6 is 0 Å². The van der Waals surface area contributed by atoms with E-state index in [2.05, 4.69) is 31.0 Å². The van der Waals surface area contributed by atoms with Crippen molar-refractivity contribution in [1.29, 1.82) is 0 Å². The predicted octanol–water partition coefficient (Wildman–Crippen LogP) is 2.26. The molecule has 3 atom stereocenters. The molecule has 0 aromatic heterocycles. The zero-order chi connectivity index (χ0) is 12.7. The third kappa shape index (κ3) is 4.94. The number of hydrogen-bond donors (Lipinski definition) is 1. The first-order chi connectivity index (χ1) is 8.19. The van der Waals surface area contributed by atoms with Gasteiger partial charge in [-0.25, -0.2) is 0 Å². The van der Waals surface area contributed by atoms with Gasteiger partial charge in [-0.3, -0.25) is 4.90 Å². The maximum Gasteiger partial charge on any atom is 0.0628 e. The van der Waals surface area contributed by atoms with Gasteiger partial charge in [-0.1, -0.05) is 13.3 Å². The lowest BCUT2D eigenvalue weighted by atomic mass is 9.97. The van der Waals surface area contributed by atoms with Crippen molar-refractivity contribution in [2.45, 2.75) is 64.6 Å². The van der Waals surface area contributed by atoms with Gasteiger partial charge in [0.15, 0.2) is 0 Å². The van der Waals surface area contributed by atoms with E-state index in [1.165, 1.54) is 25.7 Å². The maximum absolute atomic E-state index is 5.32. The van der Waals surface area contributed by atoms with E-state index in [4.69, 9.17) is 4.74 Å². The summed E-state index contributed by atoms with van der Waals surface area (Å²) in [6.45, 7) is 9.96. The number of likely N-dealkylation sites (tertiary alicyclic amines) is 1. The summed E-state index contributed by atoms with van der Waals surface area (Å²) in [5.74, 6) is 0. The SMILES string of the molecule is CCCNC(COC)CN1C(C)CCCC1C. The molecule has 3 nitrogen and oxygen atoms in total. The van der Waals surface area contributed by atoms with Crippen LogP contribution in [-0.4, -0.2) is 49.8 Å². The first kappa shape index (κ1) is 14.9. The Morgan fingerprint density at radius 3 is 2.47 bits per heavy atom. The molecule has 0 radical (unpaired) electrons. The zero-order valence-corrected chi connectivity index (χ0v) is 12.0. The van der Waals surface area contributed by atoms with Crippen molar-refractivity contribution in [3.63, 3.8) is 0 Å². The number of hydrogen-bond acceptors (Lipinski definition) is 3. The molecule has 102 valence electrons. The van der Waals surface area contributed by atoms with Crippen LogP contribution in [0.25, 0.3) is 0 Å². The van der Waals surface area contributed by atoms with E-state index in [9.17, 15) is 0 Å². The van der Waals surface area contributed by atoms with Crippen LogP contribution in [-0.2, 0) is 4.74 Å². The van der Waals surface area contributed by atoms with E-state index in [1.54, 1.807) is 7.11 Å². The summed E-state index contributed by atoms with van der Waals surface area (Å²) in [5.41, 5.74) is 0. The molecule has 1 heterocycles. The van der Waals surface area contributed by atoms with Crippen molar-refractivity contribution in [2.75, 3.05) is 26.8 Å². The minimum atomic E-state index is 0.475. The number of piperidine rings is 1. The molecule has 0 saturated carbocycles. The van der Waals surface area contributed by atoms with Crippen LogP contribution in [0.4, 0.5) is 0 Å². The van der Waals surface area contributed by atoms with Crippen LogP contribution in [0.3, 0.4) is 0 Å². The Kier molecular flexibility index (Phi) is 7.09. The summed E-state index contributed by atoms with van der Waals surface area (Å²) in [5, 5.41) is 3.59. The molecule has 3 unspecified atom stereocenters. The highest BCUT2D eigenvalue weighted by Crippen LogP contribution is 2.22. The first-order valence-corrected chi connectivity index (χ1v) is 7.17. The summed E-state index contributed by atoms with van der Waals surface area (Å²) < 4.78 is 5.32. The van der Waals surface area contributed by atoms with Gasteiger partial charge in [-0.15, -0.1) is 0 Å². The monoisotopic (exact) mass is 242 g/mol. The average molecular weight is 242 g/mol. The molecule has 3 heteroatoms. The van der Waals surface area contributed by atoms with E-state index in [0.717, 1.165) is 31.8 Å². The molecule has 0 bridgehead atoms. The highest BCUT2D eigenvalue weighted by atomic mass is 16.5. The molecule has 1 fully saturated rings. The number of methoxy groups -OCH3 is 1. The van der Waals surface area contributed by atoms with Gasteiger partial charge in [0.25, 0.3) is 0 Å². The summed E-state index contributed by atoms with van der Waals surface area (Å²) in [6.07, 6.45) is 5.26. The van der Waals surface area contributed by atoms with Crippen molar-refractivity contribution in [2.24, 2.45) is 0 Å². The van der Waals surface area contributed by atoms with Gasteiger partial charge in [-0.05, 0) is 39.7 Å². The topological polar surface area (TPSA) is 24.5 Å². The molecule has 1 rings (SSSR count). The molecule has 1 N–H and O–H groups in total. The van der Waals surface area contributed by atoms with Gasteiger partial charge in [0, 0.05) is 31.8 Å². The Morgan fingerprint density at radius 2 is 1.94 bits per heavy atom. The van der Waals surface area contributed by atoms with Gasteiger partial charge >= 0.3 is 0 Å². The molecule has 1 aliphatic heterocycles. The van der Waals surface area contributed by atoms with E-state index in [1.807, 2.05) is 0 Å². The Balaban J connectivity index is 2.45. The molecule has 1 aliphatic rings. The Labute approximate surface area is 107 Å². The summed E-state index contributed by atoms with van der Waals surface area (Å²) in [4.78, 5) is 2.65. The van der Waals surface area contributed by atoms with Gasteiger partial charge in [0.2, 0.25) is 0 Å². The van der Waals surface area contributed by atoms with Gasteiger partial charge in [0.05, 0.1) is 6.61 Å². The Morgan fingerprint density at radius 1 is 1.29 bits per heavy atom. The first-order valence-electron chi connectivity index (χ1n) is 7.17. The van der Waals surface area contributed by atoms with Crippen molar-refractivity contribution in [3.05, 3.63) is 0 Å². The Bertz CT molecular complexity index is 189. The lowest BCUT2D eigenvalue weighted by Crippen LogP contribution is -2.51. The van der Waals surface area contributed by atoms with Crippen molar-refractivity contribution < 1.29 is 4.74 Å².